The van der Waals surface area contributed by atoms with Crippen molar-refractivity contribution in [3.05, 3.63) is 58.8 Å². The third kappa shape index (κ3) is 3.54. The molecule has 3 atom stereocenters. The number of piperidine rings is 1. The number of pyridine rings is 1. The van der Waals surface area contributed by atoms with Crippen molar-refractivity contribution < 1.29 is 22.4 Å². The third-order valence-electron chi connectivity index (χ3n) is 6.66. The van der Waals surface area contributed by atoms with E-state index in [4.69, 9.17) is 0 Å². The van der Waals surface area contributed by atoms with Crippen LogP contribution in [0.3, 0.4) is 0 Å². The first-order chi connectivity index (χ1) is 16.1. The van der Waals surface area contributed by atoms with E-state index in [1.807, 2.05) is 13.1 Å². The van der Waals surface area contributed by atoms with Crippen LogP contribution >= 0.6 is 0 Å². The van der Waals surface area contributed by atoms with Crippen LogP contribution in [0.5, 0.6) is 0 Å². The lowest BCUT2D eigenvalue weighted by atomic mass is 9.76. The molecule has 0 radical (unpaired) electrons. The zero-order chi connectivity index (χ0) is 24.4. The minimum atomic E-state index is -5.00. The number of aromatic nitrogens is 5. The van der Waals surface area contributed by atoms with Crippen LogP contribution in [0.1, 0.15) is 58.9 Å². The molecule has 7 nitrogen and oxygen atoms in total. The maximum atomic E-state index is 14.8. The van der Waals surface area contributed by atoms with Gasteiger partial charge in [-0.3, -0.25) is 9.48 Å². The van der Waals surface area contributed by atoms with Crippen LogP contribution in [0.2, 0.25) is 0 Å². The van der Waals surface area contributed by atoms with E-state index in [-0.39, 0.29) is 12.0 Å². The van der Waals surface area contributed by atoms with Crippen LogP contribution in [0.25, 0.3) is 11.3 Å². The Morgan fingerprint density at radius 2 is 1.97 bits per heavy atom. The number of alkyl halides is 3. The Morgan fingerprint density at radius 3 is 2.65 bits per heavy atom. The number of carbonyl (C=O) groups is 1. The fraction of sp³-hybridized carbons (Fsp3) is 0.435. The van der Waals surface area contributed by atoms with E-state index < -0.39 is 35.2 Å². The number of rotatable bonds is 2. The van der Waals surface area contributed by atoms with Crippen molar-refractivity contribution >= 4 is 5.91 Å². The summed E-state index contributed by atoms with van der Waals surface area (Å²) in [5, 5.41) is 4.23. The normalized spacial score (nSPS) is 22.0. The molecular weight excluding hydrogens is 452 g/mol. The molecule has 1 amide bonds. The van der Waals surface area contributed by atoms with Crippen LogP contribution in [-0.4, -0.2) is 41.6 Å². The van der Waals surface area contributed by atoms with E-state index >= 15 is 0 Å². The summed E-state index contributed by atoms with van der Waals surface area (Å²) in [5.41, 5.74) is 0.800. The van der Waals surface area contributed by atoms with Crippen molar-refractivity contribution in [3.8, 4) is 11.3 Å². The molecule has 5 heterocycles. The number of hydrogen-bond donors (Lipinski definition) is 0. The number of fused-ring (bicyclic) bond motifs is 4. The van der Waals surface area contributed by atoms with Gasteiger partial charge in [-0.25, -0.2) is 19.3 Å². The summed E-state index contributed by atoms with van der Waals surface area (Å²) in [7, 11) is 1.81. The highest BCUT2D eigenvalue weighted by Crippen LogP contribution is 2.47. The molecule has 0 spiro atoms. The molecule has 0 unspecified atom stereocenters. The fourth-order valence-electron chi connectivity index (χ4n) is 5.17. The topological polar surface area (TPSA) is 76.8 Å². The number of aryl methyl sites for hydroxylation is 2. The molecule has 5 rings (SSSR count). The summed E-state index contributed by atoms with van der Waals surface area (Å²) in [6, 6.07) is 0.189. The minimum Gasteiger partial charge on any atom is -0.326 e. The van der Waals surface area contributed by atoms with E-state index in [0.717, 1.165) is 35.5 Å². The summed E-state index contributed by atoms with van der Waals surface area (Å²) in [4.78, 5) is 27.5. The van der Waals surface area contributed by atoms with Gasteiger partial charge in [0.2, 0.25) is 0 Å². The molecule has 0 aliphatic carbocycles. The number of nitrogens with zero attached hydrogens (tertiary/aromatic N) is 6. The number of halogens is 4. The van der Waals surface area contributed by atoms with Crippen molar-refractivity contribution in [2.24, 2.45) is 13.0 Å². The molecule has 178 valence electrons. The molecule has 3 aromatic rings. The van der Waals surface area contributed by atoms with Gasteiger partial charge in [-0.1, -0.05) is 6.92 Å². The zero-order valence-corrected chi connectivity index (χ0v) is 18.8. The largest absolute Gasteiger partial charge is 0.436 e. The Kier molecular flexibility index (Phi) is 5.18. The first kappa shape index (κ1) is 22.4. The average molecular weight is 474 g/mol. The van der Waals surface area contributed by atoms with E-state index in [1.165, 1.54) is 4.90 Å². The second-order valence-corrected chi connectivity index (χ2v) is 8.97. The van der Waals surface area contributed by atoms with Crippen molar-refractivity contribution in [2.75, 3.05) is 0 Å². The predicted octanol–water partition coefficient (Wildman–Crippen LogP) is 4.28. The van der Waals surface area contributed by atoms with Crippen molar-refractivity contribution in [1.29, 1.82) is 0 Å². The molecule has 11 heteroatoms. The summed E-state index contributed by atoms with van der Waals surface area (Å²) in [6.45, 7) is 3.73. The summed E-state index contributed by atoms with van der Waals surface area (Å²) in [5.74, 6) is -1.94. The summed E-state index contributed by atoms with van der Waals surface area (Å²) in [6.07, 6.45) is 1.27. The Hall–Kier alpha value is -3.37. The van der Waals surface area contributed by atoms with Crippen molar-refractivity contribution in [1.82, 2.24) is 29.6 Å². The third-order valence-corrected chi connectivity index (χ3v) is 6.66. The quantitative estimate of drug-likeness (QED) is 0.519. The molecular formula is C23H22F4N6O. The molecule has 34 heavy (non-hydrogen) atoms. The van der Waals surface area contributed by atoms with Gasteiger partial charge in [-0.15, -0.1) is 0 Å². The number of hydrogen-bond acceptors (Lipinski definition) is 5. The SMILES string of the molecule is Cc1nc(-c2cnn(C)c2)c2c(n1)[C@H]1[C@H](C)CC[C@@H](C2)N1C(=O)c1ccnc(C(F)(F)F)c1F. The van der Waals surface area contributed by atoms with Gasteiger partial charge in [0.1, 0.15) is 5.82 Å². The van der Waals surface area contributed by atoms with Crippen LogP contribution in [0.15, 0.2) is 24.7 Å². The van der Waals surface area contributed by atoms with Gasteiger partial charge in [0, 0.05) is 36.6 Å². The molecule has 0 aromatic carbocycles. The maximum absolute atomic E-state index is 14.8. The molecule has 2 aliphatic heterocycles. The number of carbonyl (C=O) groups excluding carboxylic acids is 1. The molecule has 3 aromatic heterocycles. The smallest absolute Gasteiger partial charge is 0.326 e. The van der Waals surface area contributed by atoms with Crippen LogP contribution in [-0.2, 0) is 19.6 Å². The Labute approximate surface area is 192 Å². The predicted molar refractivity (Wildman–Crippen MR) is 113 cm³/mol. The molecule has 2 bridgehead atoms. The van der Waals surface area contributed by atoms with Crippen molar-refractivity contribution in [3.63, 3.8) is 0 Å². The molecule has 0 N–H and O–H groups in total. The highest BCUT2D eigenvalue weighted by Gasteiger charge is 2.47. The second kappa shape index (κ2) is 7.85. The molecule has 0 saturated carbocycles. The maximum Gasteiger partial charge on any atom is 0.436 e. The van der Waals surface area contributed by atoms with Crippen molar-refractivity contribution in [2.45, 2.75) is 51.4 Å². The van der Waals surface area contributed by atoms with Gasteiger partial charge in [0.05, 0.1) is 29.2 Å². The molecule has 1 fully saturated rings. The highest BCUT2D eigenvalue weighted by molar-refractivity contribution is 5.95. The Bertz CT molecular complexity index is 1290. The lowest BCUT2D eigenvalue weighted by molar-refractivity contribution is -0.143. The second-order valence-electron chi connectivity index (χ2n) is 8.97. The zero-order valence-electron chi connectivity index (χ0n) is 18.8. The molecule has 2 aliphatic rings. The van der Waals surface area contributed by atoms with Gasteiger partial charge in [-0.2, -0.15) is 18.3 Å². The van der Waals surface area contributed by atoms with Gasteiger partial charge < -0.3 is 4.90 Å². The fourth-order valence-corrected chi connectivity index (χ4v) is 5.17. The average Bonchev–Trinajstić information content (AvgIpc) is 3.20. The lowest BCUT2D eigenvalue weighted by Gasteiger charge is -2.49. The highest BCUT2D eigenvalue weighted by atomic mass is 19.4. The van der Waals surface area contributed by atoms with E-state index in [2.05, 4.69) is 20.1 Å². The first-order valence-corrected chi connectivity index (χ1v) is 11.0. The van der Waals surface area contributed by atoms with E-state index in [9.17, 15) is 22.4 Å². The van der Waals surface area contributed by atoms with Crippen LogP contribution < -0.4 is 0 Å². The van der Waals surface area contributed by atoms with Crippen LogP contribution in [0.4, 0.5) is 17.6 Å². The van der Waals surface area contributed by atoms with Gasteiger partial charge >= 0.3 is 6.18 Å². The van der Waals surface area contributed by atoms with E-state index in [0.29, 0.717) is 24.4 Å². The monoisotopic (exact) mass is 474 g/mol. The standard InChI is InChI=1S/C23H22F4N6O/c1-11-4-5-14-8-16-18(13-9-29-32(3)10-13)30-12(2)31-19(16)20(11)33(14)22(34)15-6-7-28-21(17(15)24)23(25,26)27/h6-7,9-11,14,20H,4-5,8H2,1-3H3/t11-,14+,20-/m1/s1. The van der Waals surface area contributed by atoms with Gasteiger partial charge in [0.25, 0.3) is 5.91 Å². The van der Waals surface area contributed by atoms with Gasteiger partial charge in [-0.05, 0) is 38.2 Å². The summed E-state index contributed by atoms with van der Waals surface area (Å²) < 4.78 is 56.2. The Balaban J connectivity index is 1.63. The lowest BCUT2D eigenvalue weighted by Crippen LogP contribution is -2.53. The minimum absolute atomic E-state index is 0.0257. The first-order valence-electron chi connectivity index (χ1n) is 11.0. The number of amides is 1. The van der Waals surface area contributed by atoms with E-state index in [1.54, 1.807) is 24.9 Å². The Morgan fingerprint density at radius 1 is 1.21 bits per heavy atom. The van der Waals surface area contributed by atoms with Crippen LogP contribution in [0, 0.1) is 18.7 Å². The molecule has 1 saturated heterocycles. The van der Waals surface area contributed by atoms with Gasteiger partial charge in [0.15, 0.2) is 11.5 Å². The summed E-state index contributed by atoms with van der Waals surface area (Å²) >= 11 is 0.